The first-order valence-electron chi connectivity index (χ1n) is 11.7. The van der Waals surface area contributed by atoms with Crippen LogP contribution in [0.4, 0.5) is 9.80 Å². The summed E-state index contributed by atoms with van der Waals surface area (Å²) in [5.74, 6) is -1.41. The van der Waals surface area contributed by atoms with Crippen LogP contribution in [0.1, 0.15) is 38.1 Å². The van der Waals surface area contributed by atoms with Crippen molar-refractivity contribution in [3.63, 3.8) is 0 Å². The summed E-state index contributed by atoms with van der Waals surface area (Å²) in [7, 11) is -1.03. The highest BCUT2D eigenvalue weighted by molar-refractivity contribution is 7.89. The minimum atomic E-state index is -4.00. The molecule has 0 fully saturated rings. The Kier molecular flexibility index (Phi) is 9.32. The standard InChI is InChI=1S/C24H29N7O6S2/c1-15(32)30-11-8-18-19(14-30)38-23(20(18)22(34)28-24(35)29(2)3)27-21(33)16-4-6-17(7-5-16)39(36,37)31(12-9-25)13-10-26/h4-7,9-10,25-26H,8,11-14H2,1-3H3,(H,27,33)(H,28,34,35). The molecule has 1 aromatic carbocycles. The van der Waals surface area contributed by atoms with Crippen LogP contribution in [0.2, 0.25) is 0 Å². The Morgan fingerprint density at radius 1 is 1.05 bits per heavy atom. The molecule has 0 unspecified atom stereocenters. The maximum absolute atomic E-state index is 13.1. The lowest BCUT2D eigenvalue weighted by Gasteiger charge is -2.26. The van der Waals surface area contributed by atoms with Crippen molar-refractivity contribution in [1.29, 1.82) is 10.8 Å². The number of hydrogen-bond acceptors (Lipinski definition) is 9. The Balaban J connectivity index is 1.91. The van der Waals surface area contributed by atoms with Crippen molar-refractivity contribution in [2.24, 2.45) is 0 Å². The average molecular weight is 576 g/mol. The van der Waals surface area contributed by atoms with Gasteiger partial charge in [0.1, 0.15) is 5.00 Å². The van der Waals surface area contributed by atoms with Crippen molar-refractivity contribution in [2.45, 2.75) is 24.8 Å². The van der Waals surface area contributed by atoms with Crippen molar-refractivity contribution < 1.29 is 27.6 Å². The molecule has 0 spiro atoms. The fraction of sp³-hybridized carbons (Fsp3) is 0.333. The van der Waals surface area contributed by atoms with E-state index in [-0.39, 0.29) is 46.6 Å². The highest BCUT2D eigenvalue weighted by atomic mass is 32.2. The average Bonchev–Trinajstić information content (AvgIpc) is 3.25. The maximum atomic E-state index is 13.1. The summed E-state index contributed by atoms with van der Waals surface area (Å²) >= 11 is 1.14. The zero-order chi connectivity index (χ0) is 28.9. The van der Waals surface area contributed by atoms with Gasteiger partial charge in [0.15, 0.2) is 0 Å². The number of benzene rings is 1. The van der Waals surface area contributed by atoms with Crippen molar-refractivity contribution in [3.8, 4) is 0 Å². The molecule has 13 nitrogen and oxygen atoms in total. The van der Waals surface area contributed by atoms with E-state index in [0.29, 0.717) is 23.4 Å². The maximum Gasteiger partial charge on any atom is 0.323 e. The van der Waals surface area contributed by atoms with Crippen LogP contribution in [0.15, 0.2) is 29.2 Å². The van der Waals surface area contributed by atoms with Crippen LogP contribution in [-0.2, 0) is 27.8 Å². The molecule has 4 N–H and O–H groups in total. The van der Waals surface area contributed by atoms with E-state index in [4.69, 9.17) is 10.8 Å². The third-order valence-corrected chi connectivity index (χ3v) is 8.91. The molecular formula is C24H29N7O6S2. The SMILES string of the molecule is CC(=O)N1CCc2c(sc(NC(=O)c3ccc(S(=O)(=O)N(CC=N)CC=N)cc3)c2C(=O)NC(=O)N(C)C)C1. The first-order valence-corrected chi connectivity index (χ1v) is 14.0. The van der Waals surface area contributed by atoms with Crippen LogP contribution in [-0.4, -0.2) is 92.4 Å². The molecule has 5 amide bonds. The third kappa shape index (κ3) is 6.55. The second-order valence-corrected chi connectivity index (χ2v) is 11.8. The summed E-state index contributed by atoms with van der Waals surface area (Å²) in [6.07, 6.45) is 2.20. The number of carbonyl (C=O) groups excluding carboxylic acids is 4. The molecule has 0 saturated heterocycles. The monoisotopic (exact) mass is 575 g/mol. The normalized spacial score (nSPS) is 12.9. The molecule has 2 heterocycles. The van der Waals surface area contributed by atoms with E-state index in [1.54, 1.807) is 4.90 Å². The number of nitrogens with zero attached hydrogens (tertiary/aromatic N) is 3. The molecule has 1 aromatic heterocycles. The van der Waals surface area contributed by atoms with E-state index in [0.717, 1.165) is 28.1 Å². The number of imide groups is 1. The number of carbonyl (C=O) groups is 4. The fourth-order valence-corrected chi connectivity index (χ4v) is 6.42. The lowest BCUT2D eigenvalue weighted by atomic mass is 10.0. The van der Waals surface area contributed by atoms with Crippen LogP contribution < -0.4 is 10.6 Å². The summed E-state index contributed by atoms with van der Waals surface area (Å²) in [4.78, 5) is 53.7. The Hall–Kier alpha value is -3.95. The van der Waals surface area contributed by atoms with Crippen LogP contribution in [0.5, 0.6) is 0 Å². The van der Waals surface area contributed by atoms with Crippen LogP contribution >= 0.6 is 11.3 Å². The second kappa shape index (κ2) is 12.3. The Labute approximate surface area is 229 Å². The van der Waals surface area contributed by atoms with Crippen LogP contribution in [0.25, 0.3) is 0 Å². The Morgan fingerprint density at radius 2 is 1.67 bits per heavy atom. The molecule has 0 saturated carbocycles. The summed E-state index contributed by atoms with van der Waals surface area (Å²) in [5, 5.41) is 19.6. The van der Waals surface area contributed by atoms with Gasteiger partial charge in [0.25, 0.3) is 11.8 Å². The summed E-state index contributed by atoms with van der Waals surface area (Å²) in [5.41, 5.74) is 0.915. The number of amides is 5. The molecule has 0 bridgehead atoms. The molecule has 15 heteroatoms. The third-order valence-electron chi connectivity index (χ3n) is 5.93. The molecule has 0 atom stereocenters. The fourth-order valence-electron chi connectivity index (χ4n) is 3.85. The first kappa shape index (κ1) is 29.6. The lowest BCUT2D eigenvalue weighted by molar-refractivity contribution is -0.129. The second-order valence-electron chi connectivity index (χ2n) is 8.76. The molecule has 1 aliphatic heterocycles. The van der Waals surface area contributed by atoms with Gasteiger partial charge in [-0.25, -0.2) is 13.2 Å². The van der Waals surface area contributed by atoms with Crippen molar-refractivity contribution >= 4 is 62.5 Å². The number of anilines is 1. The van der Waals surface area contributed by atoms with Gasteiger partial charge in [0.2, 0.25) is 15.9 Å². The number of hydrogen-bond donors (Lipinski definition) is 4. The largest absolute Gasteiger partial charge is 0.337 e. The summed E-state index contributed by atoms with van der Waals surface area (Å²) in [6, 6.07) is 4.50. The van der Waals surface area contributed by atoms with Crippen LogP contribution in [0.3, 0.4) is 0 Å². The predicted octanol–water partition coefficient (Wildman–Crippen LogP) is 1.61. The number of sulfonamides is 1. The summed E-state index contributed by atoms with van der Waals surface area (Å²) in [6.45, 7) is 1.69. The van der Waals surface area contributed by atoms with E-state index < -0.39 is 27.9 Å². The zero-order valence-corrected chi connectivity index (χ0v) is 23.2. The molecule has 0 radical (unpaired) electrons. The molecule has 3 rings (SSSR count). The minimum absolute atomic E-state index is 0.110. The highest BCUT2D eigenvalue weighted by Crippen LogP contribution is 2.37. The minimum Gasteiger partial charge on any atom is -0.337 e. The van der Waals surface area contributed by atoms with Crippen molar-refractivity contribution in [1.82, 2.24) is 19.4 Å². The quantitative estimate of drug-likeness (QED) is 0.329. The predicted molar refractivity (Wildman–Crippen MR) is 146 cm³/mol. The van der Waals surface area contributed by atoms with Gasteiger partial charge in [0, 0.05) is 63.5 Å². The van der Waals surface area contributed by atoms with E-state index in [1.807, 2.05) is 0 Å². The number of urea groups is 1. The van der Waals surface area contributed by atoms with Gasteiger partial charge in [-0.15, -0.1) is 11.3 Å². The molecule has 2 aromatic rings. The first-order chi connectivity index (χ1) is 18.4. The number of fused-ring (bicyclic) bond motifs is 1. The van der Waals surface area contributed by atoms with Gasteiger partial charge in [-0.1, -0.05) is 0 Å². The molecule has 208 valence electrons. The van der Waals surface area contributed by atoms with Crippen LogP contribution in [0, 0.1) is 10.8 Å². The van der Waals surface area contributed by atoms with Gasteiger partial charge in [-0.05, 0) is 36.2 Å². The topological polar surface area (TPSA) is 184 Å². The number of thiophene rings is 1. The summed E-state index contributed by atoms with van der Waals surface area (Å²) < 4.78 is 26.6. The van der Waals surface area contributed by atoms with Gasteiger partial charge in [-0.3, -0.25) is 19.7 Å². The lowest BCUT2D eigenvalue weighted by Crippen LogP contribution is -2.39. The van der Waals surface area contributed by atoms with Crippen molar-refractivity contribution in [3.05, 3.63) is 45.8 Å². The zero-order valence-electron chi connectivity index (χ0n) is 21.6. The molecule has 39 heavy (non-hydrogen) atoms. The Bertz CT molecular complexity index is 1410. The van der Waals surface area contributed by atoms with E-state index in [2.05, 4.69) is 10.6 Å². The number of rotatable bonds is 9. The molecule has 1 aliphatic rings. The molecular weight excluding hydrogens is 546 g/mol. The van der Waals surface area contributed by atoms with E-state index in [9.17, 15) is 27.6 Å². The smallest absolute Gasteiger partial charge is 0.323 e. The van der Waals surface area contributed by atoms with Gasteiger partial charge in [0.05, 0.1) is 17.0 Å². The number of nitrogens with one attached hydrogen (secondary N) is 4. The molecule has 0 aliphatic carbocycles. The van der Waals surface area contributed by atoms with Crippen molar-refractivity contribution in [2.75, 3.05) is 39.0 Å². The van der Waals surface area contributed by atoms with E-state index >= 15 is 0 Å². The van der Waals surface area contributed by atoms with Gasteiger partial charge >= 0.3 is 6.03 Å². The van der Waals surface area contributed by atoms with E-state index in [1.165, 1.54) is 50.2 Å². The Morgan fingerprint density at radius 3 is 2.21 bits per heavy atom. The van der Waals surface area contributed by atoms with Gasteiger partial charge < -0.3 is 25.9 Å². The van der Waals surface area contributed by atoms with Gasteiger partial charge in [-0.2, -0.15) is 4.31 Å². The highest BCUT2D eigenvalue weighted by Gasteiger charge is 2.31.